The molecule has 2 heterocycles. The molecule has 3 aromatic rings. The van der Waals surface area contributed by atoms with Crippen molar-refractivity contribution in [1.82, 2.24) is 9.66 Å². The molecule has 0 atom stereocenters. The number of thiophene rings is 1. The van der Waals surface area contributed by atoms with Crippen LogP contribution in [0.25, 0.3) is 10.2 Å². The number of hydrogen-bond donors (Lipinski definition) is 0. The summed E-state index contributed by atoms with van der Waals surface area (Å²) in [5.41, 5.74) is 2.12. The normalized spacial score (nSPS) is 11.8. The second kappa shape index (κ2) is 6.46. The Morgan fingerprint density at radius 2 is 2.04 bits per heavy atom. The van der Waals surface area contributed by atoms with Crippen molar-refractivity contribution in [3.05, 3.63) is 63.0 Å². The maximum absolute atomic E-state index is 12.4. The van der Waals surface area contributed by atoms with Gasteiger partial charge < -0.3 is 0 Å². The van der Waals surface area contributed by atoms with Gasteiger partial charge >= 0.3 is 0 Å². The molecule has 0 saturated carbocycles. The molecule has 0 N–H and O–H groups in total. The Balaban J connectivity index is 1.91. The Kier molecular flexibility index (Phi) is 4.39. The Hall–Kier alpha value is -2.27. The number of nitrogens with zero attached hydrogens (tertiary/aromatic N) is 3. The molecular weight excluding hydrogens is 306 g/mol. The van der Waals surface area contributed by atoms with Crippen LogP contribution < -0.4 is 5.56 Å². The van der Waals surface area contributed by atoms with Gasteiger partial charge in [0.05, 0.1) is 11.6 Å². The fraction of sp³-hybridized carbons (Fsp3) is 0.278. The number of aryl methyl sites for hydroxylation is 1. The topological polar surface area (TPSA) is 47.2 Å². The molecule has 23 heavy (non-hydrogen) atoms. The van der Waals surface area contributed by atoms with E-state index < -0.39 is 0 Å². The minimum atomic E-state index is -0.124. The molecule has 0 saturated heterocycles. The molecule has 0 radical (unpaired) electrons. The van der Waals surface area contributed by atoms with E-state index in [-0.39, 0.29) is 5.56 Å². The minimum Gasteiger partial charge on any atom is -0.267 e. The molecule has 2 aromatic heterocycles. The lowest BCUT2D eigenvalue weighted by molar-refractivity contribution is 0.818. The number of rotatable bonds is 4. The minimum absolute atomic E-state index is 0.124. The van der Waals surface area contributed by atoms with E-state index in [9.17, 15) is 4.79 Å². The zero-order valence-corrected chi connectivity index (χ0v) is 14.3. The van der Waals surface area contributed by atoms with Crippen molar-refractivity contribution in [1.29, 1.82) is 0 Å². The van der Waals surface area contributed by atoms with E-state index in [0.29, 0.717) is 11.3 Å². The third-order valence-corrected chi connectivity index (χ3v) is 4.96. The number of benzene rings is 1. The summed E-state index contributed by atoms with van der Waals surface area (Å²) in [6.45, 7) is 6.39. The van der Waals surface area contributed by atoms with Crippen LogP contribution in [0.4, 0.5) is 0 Å². The number of aromatic nitrogens is 2. The SMILES string of the molecule is CCc1cc2c(=O)n(/N=C\c3ccc(C(C)C)cc3)cnc2s1. The van der Waals surface area contributed by atoms with Gasteiger partial charge in [-0.3, -0.25) is 4.79 Å². The average Bonchev–Trinajstić information content (AvgIpc) is 2.99. The second-order valence-electron chi connectivity index (χ2n) is 5.75. The van der Waals surface area contributed by atoms with Gasteiger partial charge in [0.1, 0.15) is 11.2 Å². The first kappa shape index (κ1) is 15.6. The van der Waals surface area contributed by atoms with Crippen LogP contribution in [0.15, 0.2) is 46.6 Å². The summed E-state index contributed by atoms with van der Waals surface area (Å²) in [4.78, 5) is 18.7. The molecule has 3 rings (SSSR count). The quantitative estimate of drug-likeness (QED) is 0.680. The highest BCUT2D eigenvalue weighted by molar-refractivity contribution is 7.18. The molecular formula is C18H19N3OS. The van der Waals surface area contributed by atoms with Gasteiger partial charge in [-0.1, -0.05) is 45.0 Å². The highest BCUT2D eigenvalue weighted by Crippen LogP contribution is 2.21. The van der Waals surface area contributed by atoms with Gasteiger partial charge in [0, 0.05) is 4.88 Å². The summed E-state index contributed by atoms with van der Waals surface area (Å²) in [5.74, 6) is 0.501. The van der Waals surface area contributed by atoms with Crippen molar-refractivity contribution in [3.8, 4) is 0 Å². The predicted octanol–water partition coefficient (Wildman–Crippen LogP) is 4.03. The first-order valence-electron chi connectivity index (χ1n) is 7.73. The third kappa shape index (κ3) is 3.24. The molecule has 1 aromatic carbocycles. The van der Waals surface area contributed by atoms with Crippen molar-refractivity contribution in [3.63, 3.8) is 0 Å². The first-order chi connectivity index (χ1) is 11.1. The van der Waals surface area contributed by atoms with Gasteiger partial charge in [-0.05, 0) is 29.5 Å². The van der Waals surface area contributed by atoms with Crippen molar-refractivity contribution in [2.45, 2.75) is 33.1 Å². The summed E-state index contributed by atoms with van der Waals surface area (Å²) >= 11 is 1.56. The van der Waals surface area contributed by atoms with Crippen LogP contribution in [0.2, 0.25) is 0 Å². The van der Waals surface area contributed by atoms with Crippen LogP contribution in [-0.2, 0) is 6.42 Å². The maximum atomic E-state index is 12.4. The van der Waals surface area contributed by atoms with Crippen LogP contribution in [-0.4, -0.2) is 15.9 Å². The van der Waals surface area contributed by atoms with Crippen LogP contribution >= 0.6 is 11.3 Å². The van der Waals surface area contributed by atoms with Crippen LogP contribution in [0.1, 0.15) is 42.7 Å². The lowest BCUT2D eigenvalue weighted by Crippen LogP contribution is -2.16. The van der Waals surface area contributed by atoms with Gasteiger partial charge in [0.2, 0.25) is 0 Å². The molecule has 0 aliphatic rings. The number of hydrogen-bond acceptors (Lipinski definition) is 4. The Bertz CT molecular complexity index is 904. The van der Waals surface area contributed by atoms with Crippen molar-refractivity contribution in [2.75, 3.05) is 0 Å². The van der Waals surface area contributed by atoms with E-state index in [2.05, 4.69) is 43.0 Å². The lowest BCUT2D eigenvalue weighted by Gasteiger charge is -2.04. The molecule has 0 spiro atoms. The van der Waals surface area contributed by atoms with E-state index >= 15 is 0 Å². The van der Waals surface area contributed by atoms with Gasteiger partial charge in [-0.2, -0.15) is 9.78 Å². The number of fused-ring (bicyclic) bond motifs is 1. The smallest absolute Gasteiger partial charge is 0.267 e. The summed E-state index contributed by atoms with van der Waals surface area (Å²) < 4.78 is 1.30. The Morgan fingerprint density at radius 1 is 1.30 bits per heavy atom. The van der Waals surface area contributed by atoms with E-state index in [1.807, 2.05) is 18.2 Å². The van der Waals surface area contributed by atoms with Crippen molar-refractivity contribution in [2.24, 2.45) is 5.10 Å². The standard InChI is InChI=1S/C18H19N3OS/c1-4-15-9-16-17(23-15)19-11-21(18(16)22)20-10-13-5-7-14(8-6-13)12(2)3/h5-12H,4H2,1-3H3/b20-10-. The fourth-order valence-electron chi connectivity index (χ4n) is 2.32. The maximum Gasteiger partial charge on any atom is 0.282 e. The lowest BCUT2D eigenvalue weighted by atomic mass is 10.0. The zero-order chi connectivity index (χ0) is 16.4. The van der Waals surface area contributed by atoms with E-state index in [1.165, 1.54) is 16.6 Å². The van der Waals surface area contributed by atoms with Crippen LogP contribution in [0.5, 0.6) is 0 Å². The van der Waals surface area contributed by atoms with Gasteiger partial charge in [-0.25, -0.2) is 4.98 Å². The largest absolute Gasteiger partial charge is 0.282 e. The molecule has 0 bridgehead atoms. The van der Waals surface area contributed by atoms with Crippen molar-refractivity contribution < 1.29 is 0 Å². The molecule has 5 heteroatoms. The Morgan fingerprint density at radius 3 is 2.70 bits per heavy atom. The zero-order valence-electron chi connectivity index (χ0n) is 13.5. The summed E-state index contributed by atoms with van der Waals surface area (Å²) in [7, 11) is 0. The van der Waals surface area contributed by atoms with E-state index in [1.54, 1.807) is 17.6 Å². The third-order valence-electron chi connectivity index (χ3n) is 3.77. The van der Waals surface area contributed by atoms with Crippen LogP contribution in [0, 0.1) is 0 Å². The second-order valence-corrected chi connectivity index (χ2v) is 6.86. The molecule has 0 unspecified atom stereocenters. The Labute approximate surface area is 139 Å². The van der Waals surface area contributed by atoms with Crippen LogP contribution in [0.3, 0.4) is 0 Å². The summed E-state index contributed by atoms with van der Waals surface area (Å²) in [6, 6.07) is 10.1. The van der Waals surface area contributed by atoms with Gasteiger partial charge in [-0.15, -0.1) is 11.3 Å². The molecule has 0 fully saturated rings. The molecule has 0 aliphatic heterocycles. The van der Waals surface area contributed by atoms with E-state index in [0.717, 1.165) is 21.7 Å². The molecule has 0 aliphatic carbocycles. The summed E-state index contributed by atoms with van der Waals surface area (Å²) in [6.07, 6.45) is 4.08. The fourth-order valence-corrected chi connectivity index (χ4v) is 3.24. The molecule has 0 amide bonds. The monoisotopic (exact) mass is 325 g/mol. The average molecular weight is 325 g/mol. The predicted molar refractivity (Wildman–Crippen MR) is 96.8 cm³/mol. The van der Waals surface area contributed by atoms with E-state index in [4.69, 9.17) is 0 Å². The first-order valence-corrected chi connectivity index (χ1v) is 8.54. The van der Waals surface area contributed by atoms with Gasteiger partial charge in [0.25, 0.3) is 5.56 Å². The molecule has 118 valence electrons. The summed E-state index contributed by atoms with van der Waals surface area (Å²) in [5, 5.41) is 4.90. The highest BCUT2D eigenvalue weighted by atomic mass is 32.1. The van der Waals surface area contributed by atoms with Crippen molar-refractivity contribution >= 4 is 27.8 Å². The highest BCUT2D eigenvalue weighted by Gasteiger charge is 2.07. The molecule has 4 nitrogen and oxygen atoms in total. The van der Waals surface area contributed by atoms with Gasteiger partial charge in [0.15, 0.2) is 0 Å².